The van der Waals surface area contributed by atoms with E-state index in [4.69, 9.17) is 0 Å². The highest BCUT2D eigenvalue weighted by Crippen LogP contribution is 2.33. The lowest BCUT2D eigenvalue weighted by Gasteiger charge is -2.14. The van der Waals surface area contributed by atoms with Gasteiger partial charge in [0.2, 0.25) is 0 Å². The van der Waals surface area contributed by atoms with E-state index in [9.17, 15) is 22.0 Å². The number of hydrogen-bond acceptors (Lipinski definition) is 1. The Morgan fingerprint density at radius 1 is 1.06 bits per heavy atom. The number of aryl methyl sites for hydroxylation is 1. The minimum atomic E-state index is -4.66. The highest BCUT2D eigenvalue weighted by molar-refractivity contribution is 5.31. The zero-order valence-electron chi connectivity index (χ0n) is 10.1. The molecule has 0 fully saturated rings. The van der Waals surface area contributed by atoms with E-state index in [1.54, 1.807) is 14.1 Å². The van der Waals surface area contributed by atoms with Crippen LogP contribution in [-0.4, -0.2) is 25.5 Å². The van der Waals surface area contributed by atoms with Gasteiger partial charge in [0, 0.05) is 0 Å². The summed E-state index contributed by atoms with van der Waals surface area (Å²) in [7, 11) is 3.58. The van der Waals surface area contributed by atoms with Crippen LogP contribution in [0.5, 0.6) is 0 Å². The van der Waals surface area contributed by atoms with Gasteiger partial charge in [-0.25, -0.2) is 8.78 Å². The maximum absolute atomic E-state index is 13.0. The molecule has 0 aliphatic rings. The van der Waals surface area contributed by atoms with Gasteiger partial charge >= 0.3 is 6.18 Å². The third-order valence-corrected chi connectivity index (χ3v) is 2.50. The van der Waals surface area contributed by atoms with E-state index in [0.29, 0.717) is 19.0 Å². The van der Waals surface area contributed by atoms with Crippen LogP contribution >= 0.6 is 0 Å². The van der Waals surface area contributed by atoms with Crippen molar-refractivity contribution < 1.29 is 22.0 Å². The molecule has 0 saturated heterocycles. The smallest absolute Gasteiger partial charge is 0.309 e. The van der Waals surface area contributed by atoms with Crippen molar-refractivity contribution in [1.82, 2.24) is 4.90 Å². The molecule has 0 heterocycles. The second kappa shape index (κ2) is 5.65. The molecule has 1 aromatic rings. The first-order valence-corrected chi connectivity index (χ1v) is 5.41. The van der Waals surface area contributed by atoms with E-state index in [1.165, 1.54) is 0 Å². The summed E-state index contributed by atoms with van der Waals surface area (Å²) in [5.41, 5.74) is -1.30. The number of benzene rings is 1. The molecule has 1 aromatic carbocycles. The van der Waals surface area contributed by atoms with E-state index in [0.717, 1.165) is 0 Å². The summed E-state index contributed by atoms with van der Waals surface area (Å²) in [6.45, 7) is 0.580. The number of rotatable bonds is 4. The molecule has 0 atom stereocenters. The predicted octanol–water partition coefficient (Wildman–Crippen LogP) is 3.48. The summed E-state index contributed by atoms with van der Waals surface area (Å²) in [4.78, 5) is 1.81. The Hall–Kier alpha value is -1.17. The van der Waals surface area contributed by atoms with Gasteiger partial charge < -0.3 is 4.90 Å². The second-order valence-corrected chi connectivity index (χ2v) is 4.33. The van der Waals surface area contributed by atoms with Crippen LogP contribution in [-0.2, 0) is 12.6 Å². The van der Waals surface area contributed by atoms with Gasteiger partial charge in [0.05, 0.1) is 5.56 Å². The summed E-state index contributed by atoms with van der Waals surface area (Å²) in [5.74, 6) is -2.72. The quantitative estimate of drug-likeness (QED) is 0.755. The zero-order chi connectivity index (χ0) is 13.9. The van der Waals surface area contributed by atoms with Crippen LogP contribution in [0.15, 0.2) is 12.1 Å². The Bertz CT molecular complexity index is 412. The van der Waals surface area contributed by atoms with Crippen molar-refractivity contribution in [1.29, 1.82) is 0 Å². The molecular formula is C12H14F5N. The summed E-state index contributed by atoms with van der Waals surface area (Å²) >= 11 is 0. The monoisotopic (exact) mass is 267 g/mol. The maximum atomic E-state index is 13.0. The van der Waals surface area contributed by atoms with Crippen LogP contribution in [0.3, 0.4) is 0 Å². The fourth-order valence-corrected chi connectivity index (χ4v) is 1.64. The summed E-state index contributed by atoms with van der Waals surface area (Å²) in [5, 5.41) is 0. The van der Waals surface area contributed by atoms with Gasteiger partial charge in [-0.15, -0.1) is 0 Å². The minimum absolute atomic E-state index is 0.0597. The van der Waals surface area contributed by atoms with Gasteiger partial charge in [-0.1, -0.05) is 0 Å². The average molecular weight is 267 g/mol. The van der Waals surface area contributed by atoms with Gasteiger partial charge in [0.1, 0.15) is 0 Å². The van der Waals surface area contributed by atoms with Crippen molar-refractivity contribution in [2.75, 3.05) is 20.6 Å². The first-order chi connectivity index (χ1) is 8.21. The number of halogens is 5. The molecular weight excluding hydrogens is 253 g/mol. The fraction of sp³-hybridized carbons (Fsp3) is 0.500. The minimum Gasteiger partial charge on any atom is -0.309 e. The zero-order valence-corrected chi connectivity index (χ0v) is 10.1. The maximum Gasteiger partial charge on any atom is 0.416 e. The van der Waals surface area contributed by atoms with E-state index in [2.05, 4.69) is 0 Å². The first-order valence-electron chi connectivity index (χ1n) is 5.41. The van der Waals surface area contributed by atoms with Crippen molar-refractivity contribution in [3.05, 3.63) is 34.9 Å². The Kier molecular flexibility index (Phi) is 4.67. The molecule has 1 nitrogen and oxygen atoms in total. The molecule has 0 bridgehead atoms. The van der Waals surface area contributed by atoms with E-state index in [-0.39, 0.29) is 18.1 Å². The molecule has 1 rings (SSSR count). The van der Waals surface area contributed by atoms with Crippen LogP contribution < -0.4 is 0 Å². The SMILES string of the molecule is CN(C)CCCc1cc(F)c(F)cc1C(F)(F)F. The van der Waals surface area contributed by atoms with Crippen LogP contribution in [0, 0.1) is 11.6 Å². The molecule has 18 heavy (non-hydrogen) atoms. The second-order valence-electron chi connectivity index (χ2n) is 4.33. The molecule has 6 heteroatoms. The van der Waals surface area contributed by atoms with Crippen molar-refractivity contribution in [2.24, 2.45) is 0 Å². The Balaban J connectivity index is 2.97. The van der Waals surface area contributed by atoms with E-state index < -0.39 is 23.4 Å². The van der Waals surface area contributed by atoms with E-state index in [1.807, 2.05) is 4.90 Å². The lowest BCUT2D eigenvalue weighted by Crippen LogP contribution is -2.15. The van der Waals surface area contributed by atoms with Crippen LogP contribution in [0.25, 0.3) is 0 Å². The van der Waals surface area contributed by atoms with Crippen molar-refractivity contribution in [3.63, 3.8) is 0 Å². The molecule has 0 saturated carbocycles. The van der Waals surface area contributed by atoms with Gasteiger partial charge in [0.25, 0.3) is 0 Å². The normalized spacial score (nSPS) is 12.2. The van der Waals surface area contributed by atoms with E-state index >= 15 is 0 Å². The van der Waals surface area contributed by atoms with Crippen molar-refractivity contribution >= 4 is 0 Å². The lowest BCUT2D eigenvalue weighted by molar-refractivity contribution is -0.138. The predicted molar refractivity (Wildman–Crippen MR) is 58.2 cm³/mol. The molecule has 0 radical (unpaired) electrons. The largest absolute Gasteiger partial charge is 0.416 e. The lowest BCUT2D eigenvalue weighted by atomic mass is 10.0. The highest BCUT2D eigenvalue weighted by Gasteiger charge is 2.34. The van der Waals surface area contributed by atoms with Gasteiger partial charge in [-0.05, 0) is 51.2 Å². The average Bonchev–Trinajstić information content (AvgIpc) is 2.20. The Morgan fingerprint density at radius 3 is 2.11 bits per heavy atom. The van der Waals surface area contributed by atoms with Crippen molar-refractivity contribution in [3.8, 4) is 0 Å². The highest BCUT2D eigenvalue weighted by atomic mass is 19.4. The molecule has 0 aliphatic carbocycles. The molecule has 0 N–H and O–H groups in total. The standard InChI is InChI=1S/C12H14F5N/c1-18(2)5-3-4-8-6-10(13)11(14)7-9(8)12(15,16)17/h6-7H,3-5H2,1-2H3. The Morgan fingerprint density at radius 2 is 1.61 bits per heavy atom. The number of hydrogen-bond donors (Lipinski definition) is 0. The number of nitrogens with zero attached hydrogens (tertiary/aromatic N) is 1. The van der Waals surface area contributed by atoms with Crippen LogP contribution in [0.4, 0.5) is 22.0 Å². The topological polar surface area (TPSA) is 3.24 Å². The third kappa shape index (κ3) is 3.94. The molecule has 0 spiro atoms. The first kappa shape index (κ1) is 14.9. The summed E-state index contributed by atoms with van der Waals surface area (Å²) in [6, 6.07) is 0.855. The summed E-state index contributed by atoms with van der Waals surface area (Å²) < 4.78 is 63.8. The third-order valence-electron chi connectivity index (χ3n) is 2.50. The molecule has 0 aliphatic heterocycles. The van der Waals surface area contributed by atoms with Crippen LogP contribution in [0.2, 0.25) is 0 Å². The molecule has 0 amide bonds. The fourth-order valence-electron chi connectivity index (χ4n) is 1.64. The van der Waals surface area contributed by atoms with Gasteiger partial charge in [0.15, 0.2) is 11.6 Å². The number of alkyl halides is 3. The molecule has 0 unspecified atom stereocenters. The summed E-state index contributed by atoms with van der Waals surface area (Å²) in [6.07, 6.45) is -4.16. The van der Waals surface area contributed by atoms with Crippen LogP contribution in [0.1, 0.15) is 17.5 Å². The van der Waals surface area contributed by atoms with Crippen molar-refractivity contribution in [2.45, 2.75) is 19.0 Å². The van der Waals surface area contributed by atoms with Gasteiger partial charge in [-0.3, -0.25) is 0 Å². The Labute approximate surface area is 102 Å². The van der Waals surface area contributed by atoms with Gasteiger partial charge in [-0.2, -0.15) is 13.2 Å². The molecule has 0 aromatic heterocycles. The molecule has 102 valence electrons.